The lowest BCUT2D eigenvalue weighted by Crippen LogP contribution is -1.92. The zero-order valence-electron chi connectivity index (χ0n) is 17.3. The van der Waals surface area contributed by atoms with Crippen LogP contribution in [0, 0.1) is 0 Å². The lowest BCUT2D eigenvalue weighted by atomic mass is 10.0. The molecule has 0 aliphatic rings. The summed E-state index contributed by atoms with van der Waals surface area (Å²) >= 11 is 11.8. The molecule has 0 nitrogen and oxygen atoms in total. The molecule has 0 atom stereocenters. The van der Waals surface area contributed by atoms with Crippen molar-refractivity contribution in [2.45, 2.75) is 103 Å². The van der Waals surface area contributed by atoms with Crippen molar-refractivity contribution < 1.29 is 0 Å². The number of unbranched alkanes of at least 4 members (excludes halogenated alkanes) is 14. The molecule has 1 rings (SSSR count). The van der Waals surface area contributed by atoms with Gasteiger partial charge in [0.25, 0.3) is 0 Å². The third-order valence-corrected chi connectivity index (χ3v) is 6.98. The van der Waals surface area contributed by atoms with Gasteiger partial charge in [0, 0.05) is 5.30 Å². The molecule has 0 fully saturated rings. The van der Waals surface area contributed by atoms with Crippen molar-refractivity contribution in [1.29, 1.82) is 0 Å². The van der Waals surface area contributed by atoms with Crippen LogP contribution in [0.25, 0.3) is 6.08 Å². The van der Waals surface area contributed by atoms with Crippen molar-refractivity contribution >= 4 is 40.5 Å². The minimum absolute atomic E-state index is 1.02. The van der Waals surface area contributed by atoms with E-state index < -0.39 is 6.63 Å². The fourth-order valence-corrected chi connectivity index (χ4v) is 4.42. The van der Waals surface area contributed by atoms with Gasteiger partial charge in [-0.25, -0.2) is 0 Å². The first-order valence-electron chi connectivity index (χ1n) is 11.1. The van der Waals surface area contributed by atoms with Crippen molar-refractivity contribution in [2.75, 3.05) is 0 Å². The molecule has 0 unspecified atom stereocenters. The largest absolute Gasteiger partial charge is 0.116 e. The molecular formula is C24H39Cl2P. The van der Waals surface area contributed by atoms with E-state index in [9.17, 15) is 0 Å². The normalized spacial score (nSPS) is 11.7. The van der Waals surface area contributed by atoms with Gasteiger partial charge in [0.1, 0.15) is 6.63 Å². The summed E-state index contributed by atoms with van der Waals surface area (Å²) in [6.45, 7) is 1.27. The van der Waals surface area contributed by atoms with Gasteiger partial charge in [-0.1, -0.05) is 149 Å². The van der Waals surface area contributed by atoms with Crippen LogP contribution in [0.15, 0.2) is 30.3 Å². The topological polar surface area (TPSA) is 0 Å². The van der Waals surface area contributed by atoms with E-state index in [0.717, 1.165) is 5.30 Å². The molecule has 0 aromatic heterocycles. The summed E-state index contributed by atoms with van der Waals surface area (Å²) in [5.41, 5.74) is 1.23. The zero-order valence-corrected chi connectivity index (χ0v) is 19.7. The molecule has 3 heteroatoms. The number of rotatable bonds is 17. The number of allylic oxidation sites excluding steroid dienone is 1. The first kappa shape index (κ1) is 25.0. The summed E-state index contributed by atoms with van der Waals surface area (Å²) in [4.78, 5) is 0. The smallest absolute Gasteiger partial charge is 0.0839 e. The van der Waals surface area contributed by atoms with Crippen molar-refractivity contribution in [3.05, 3.63) is 35.9 Å². The summed E-state index contributed by atoms with van der Waals surface area (Å²) < 4.78 is 0. The van der Waals surface area contributed by atoms with E-state index in [1.165, 1.54) is 102 Å². The van der Waals surface area contributed by atoms with Crippen molar-refractivity contribution in [3.8, 4) is 0 Å². The molecule has 0 radical (unpaired) electrons. The van der Waals surface area contributed by atoms with Crippen LogP contribution >= 0.6 is 29.1 Å². The van der Waals surface area contributed by atoms with Crippen molar-refractivity contribution in [2.24, 2.45) is 0 Å². The van der Waals surface area contributed by atoms with Crippen LogP contribution in [0.1, 0.15) is 109 Å². The Morgan fingerprint density at radius 3 is 1.56 bits per heavy atom. The van der Waals surface area contributed by atoms with Crippen LogP contribution in [-0.4, -0.2) is 0 Å². The maximum absolute atomic E-state index is 5.92. The van der Waals surface area contributed by atoms with E-state index in [1.54, 1.807) is 0 Å². The fourth-order valence-electron chi connectivity index (χ4n) is 3.37. The molecule has 0 spiro atoms. The summed E-state index contributed by atoms with van der Waals surface area (Å²) in [6.07, 6.45) is 25.5. The maximum atomic E-state index is 5.92. The second-order valence-electron chi connectivity index (χ2n) is 7.61. The molecular weight excluding hydrogens is 390 g/mol. The first-order chi connectivity index (χ1) is 13.2. The number of hydrogen-bond donors (Lipinski definition) is 0. The van der Waals surface area contributed by atoms with Gasteiger partial charge in [-0.05, 0) is 18.4 Å². The Hall–Kier alpha value is -0.0300. The molecule has 0 bridgehead atoms. The summed E-state index contributed by atoms with van der Waals surface area (Å²) in [5.74, 6) is 0. The monoisotopic (exact) mass is 428 g/mol. The minimum Gasteiger partial charge on any atom is -0.0839 e. The highest BCUT2D eigenvalue weighted by Crippen LogP contribution is 2.45. The van der Waals surface area contributed by atoms with Crippen LogP contribution < -0.4 is 5.30 Å². The van der Waals surface area contributed by atoms with Gasteiger partial charge < -0.3 is 0 Å². The number of benzene rings is 1. The molecule has 0 aliphatic heterocycles. The quantitative estimate of drug-likeness (QED) is 0.171. The molecule has 0 amide bonds. The summed E-state index contributed by atoms with van der Waals surface area (Å²) in [6, 6.07) is 8.24. The average molecular weight is 429 g/mol. The lowest BCUT2D eigenvalue weighted by molar-refractivity contribution is 0.536. The van der Waals surface area contributed by atoms with E-state index in [-0.39, 0.29) is 0 Å². The maximum Gasteiger partial charge on any atom is 0.116 e. The first-order valence-corrected chi connectivity index (χ1v) is 14.3. The Kier molecular flexibility index (Phi) is 16.7. The van der Waals surface area contributed by atoms with Gasteiger partial charge in [0.05, 0.1) is 0 Å². The third kappa shape index (κ3) is 14.6. The second-order valence-corrected chi connectivity index (χ2v) is 11.1. The Morgan fingerprint density at radius 1 is 0.667 bits per heavy atom. The third-order valence-electron chi connectivity index (χ3n) is 5.12. The standard InChI is InChI=1S/C24H39Cl2P/c1-2-3-4-5-6-7-8-9-10-11-12-13-14-15-16-17-18-23-19-21-24(22-20-23)27(25)26/h17-22H,2-16H2,1H3. The van der Waals surface area contributed by atoms with Gasteiger partial charge in [-0.15, -0.1) is 0 Å². The predicted octanol–water partition coefficient (Wildman–Crippen LogP) is 9.99. The lowest BCUT2D eigenvalue weighted by Gasteiger charge is -2.03. The van der Waals surface area contributed by atoms with Gasteiger partial charge in [0.2, 0.25) is 0 Å². The van der Waals surface area contributed by atoms with Crippen molar-refractivity contribution in [3.63, 3.8) is 0 Å². The number of halogens is 2. The van der Waals surface area contributed by atoms with Gasteiger partial charge in [-0.2, -0.15) is 0 Å². The highest BCUT2D eigenvalue weighted by molar-refractivity contribution is 8.08. The van der Waals surface area contributed by atoms with Crippen LogP contribution in [0.4, 0.5) is 0 Å². The highest BCUT2D eigenvalue weighted by atomic mass is 35.9. The molecule has 154 valence electrons. The van der Waals surface area contributed by atoms with Crippen LogP contribution in [0.5, 0.6) is 0 Å². The Bertz CT molecular complexity index is 468. The SMILES string of the molecule is CCCCCCCCCCCCCCCCC=Cc1ccc(P(Cl)Cl)cc1. The molecule has 1 aromatic carbocycles. The molecule has 0 saturated heterocycles. The van der Waals surface area contributed by atoms with Gasteiger partial charge in [-0.3, -0.25) is 0 Å². The van der Waals surface area contributed by atoms with E-state index in [4.69, 9.17) is 22.5 Å². The molecule has 0 heterocycles. The Morgan fingerprint density at radius 2 is 1.11 bits per heavy atom. The molecule has 0 saturated carbocycles. The van der Waals surface area contributed by atoms with Crippen LogP contribution in [0.2, 0.25) is 0 Å². The molecule has 0 aliphatic carbocycles. The molecule has 0 N–H and O–H groups in total. The zero-order chi connectivity index (χ0) is 19.6. The van der Waals surface area contributed by atoms with Crippen molar-refractivity contribution in [1.82, 2.24) is 0 Å². The van der Waals surface area contributed by atoms with Gasteiger partial charge >= 0.3 is 0 Å². The molecule has 27 heavy (non-hydrogen) atoms. The predicted molar refractivity (Wildman–Crippen MR) is 129 cm³/mol. The van der Waals surface area contributed by atoms with E-state index >= 15 is 0 Å². The minimum atomic E-state index is -1.02. The highest BCUT2D eigenvalue weighted by Gasteiger charge is 2.01. The number of hydrogen-bond acceptors (Lipinski definition) is 0. The van der Waals surface area contributed by atoms with E-state index in [2.05, 4.69) is 31.2 Å². The summed E-state index contributed by atoms with van der Waals surface area (Å²) in [7, 11) is 0. The van der Waals surface area contributed by atoms with Gasteiger partial charge in [0.15, 0.2) is 0 Å². The van der Waals surface area contributed by atoms with Crippen LogP contribution in [0.3, 0.4) is 0 Å². The Balaban J connectivity index is 1.86. The second kappa shape index (κ2) is 18.0. The Labute approximate surface area is 179 Å². The average Bonchev–Trinajstić information content (AvgIpc) is 2.68. The van der Waals surface area contributed by atoms with E-state index in [0.29, 0.717) is 0 Å². The summed E-state index contributed by atoms with van der Waals surface area (Å²) in [5, 5.41) is 1.03. The van der Waals surface area contributed by atoms with E-state index in [1.807, 2.05) is 12.1 Å². The molecule has 1 aromatic rings. The fraction of sp³-hybridized carbons (Fsp3) is 0.667. The van der Waals surface area contributed by atoms with Crippen LogP contribution in [-0.2, 0) is 0 Å².